The zero-order valence-electron chi connectivity index (χ0n) is 9.99. The Labute approximate surface area is 110 Å². The first-order chi connectivity index (χ1) is 8.25. The molecular formula is C14H17BrO2. The third-order valence-corrected chi connectivity index (χ3v) is 4.85. The number of benzene rings is 1. The van der Waals surface area contributed by atoms with Crippen LogP contribution in [0, 0.1) is 5.92 Å². The Morgan fingerprint density at radius 3 is 2.88 bits per heavy atom. The molecule has 2 heterocycles. The molecular weight excluding hydrogens is 280 g/mol. The van der Waals surface area contributed by atoms with Crippen molar-refractivity contribution in [1.29, 1.82) is 0 Å². The lowest BCUT2D eigenvalue weighted by Gasteiger charge is -2.21. The molecule has 0 bridgehead atoms. The molecule has 3 atom stereocenters. The molecule has 3 rings (SSSR count). The van der Waals surface area contributed by atoms with Crippen molar-refractivity contribution < 1.29 is 9.47 Å². The topological polar surface area (TPSA) is 18.5 Å². The highest BCUT2D eigenvalue weighted by atomic mass is 79.9. The van der Waals surface area contributed by atoms with Gasteiger partial charge < -0.3 is 9.47 Å². The van der Waals surface area contributed by atoms with E-state index in [0.29, 0.717) is 16.8 Å². The highest BCUT2D eigenvalue weighted by molar-refractivity contribution is 9.09. The van der Waals surface area contributed by atoms with Gasteiger partial charge in [-0.05, 0) is 29.0 Å². The number of hydrogen-bond donors (Lipinski definition) is 0. The van der Waals surface area contributed by atoms with Crippen LogP contribution >= 0.6 is 15.9 Å². The average Bonchev–Trinajstić information content (AvgIpc) is 2.95. The van der Waals surface area contributed by atoms with E-state index in [-0.39, 0.29) is 0 Å². The first kappa shape index (κ1) is 11.7. The predicted octanol–water partition coefficient (Wildman–Crippen LogP) is 3.58. The molecule has 0 aliphatic carbocycles. The SMILES string of the molecule is CC1CCOC1C(Br)c1ccc2c(c1)COC2. The van der Waals surface area contributed by atoms with E-state index in [4.69, 9.17) is 9.47 Å². The highest BCUT2D eigenvalue weighted by Gasteiger charge is 2.31. The van der Waals surface area contributed by atoms with Crippen molar-refractivity contribution in [1.82, 2.24) is 0 Å². The summed E-state index contributed by atoms with van der Waals surface area (Å²) in [5, 5.41) is 0. The van der Waals surface area contributed by atoms with E-state index < -0.39 is 0 Å². The molecule has 0 saturated carbocycles. The van der Waals surface area contributed by atoms with E-state index in [1.807, 2.05) is 0 Å². The maximum Gasteiger partial charge on any atom is 0.0767 e. The van der Waals surface area contributed by atoms with Crippen LogP contribution in [-0.2, 0) is 22.7 Å². The lowest BCUT2D eigenvalue weighted by Crippen LogP contribution is -2.19. The molecule has 3 heteroatoms. The second-order valence-corrected chi connectivity index (χ2v) is 6.01. The fourth-order valence-corrected chi connectivity index (χ4v) is 3.60. The number of alkyl halides is 1. The van der Waals surface area contributed by atoms with Crippen LogP contribution in [0.1, 0.15) is 34.9 Å². The lowest BCUT2D eigenvalue weighted by molar-refractivity contribution is 0.0934. The van der Waals surface area contributed by atoms with Gasteiger partial charge in [-0.1, -0.05) is 41.1 Å². The summed E-state index contributed by atoms with van der Waals surface area (Å²) in [6.45, 7) is 4.67. The molecule has 0 radical (unpaired) electrons. The van der Waals surface area contributed by atoms with E-state index >= 15 is 0 Å². The molecule has 17 heavy (non-hydrogen) atoms. The van der Waals surface area contributed by atoms with E-state index in [9.17, 15) is 0 Å². The zero-order valence-corrected chi connectivity index (χ0v) is 11.6. The molecule has 1 aromatic carbocycles. The Morgan fingerprint density at radius 1 is 1.29 bits per heavy atom. The second-order valence-electron chi connectivity index (χ2n) is 5.02. The minimum atomic E-state index is 0.297. The Kier molecular flexibility index (Phi) is 3.24. The Morgan fingerprint density at radius 2 is 2.12 bits per heavy atom. The lowest BCUT2D eigenvalue weighted by atomic mass is 9.95. The van der Waals surface area contributed by atoms with E-state index in [0.717, 1.165) is 19.8 Å². The van der Waals surface area contributed by atoms with E-state index in [2.05, 4.69) is 41.1 Å². The van der Waals surface area contributed by atoms with Crippen LogP contribution in [0.3, 0.4) is 0 Å². The van der Waals surface area contributed by atoms with Gasteiger partial charge in [-0.25, -0.2) is 0 Å². The number of ether oxygens (including phenoxy) is 2. The summed E-state index contributed by atoms with van der Waals surface area (Å²) in [6, 6.07) is 6.64. The van der Waals surface area contributed by atoms with Crippen LogP contribution in [-0.4, -0.2) is 12.7 Å². The fourth-order valence-electron chi connectivity index (χ4n) is 2.64. The van der Waals surface area contributed by atoms with Crippen LogP contribution in [0.15, 0.2) is 18.2 Å². The number of halogens is 1. The maximum absolute atomic E-state index is 5.82. The molecule has 2 nitrogen and oxygen atoms in total. The first-order valence-electron chi connectivity index (χ1n) is 6.21. The zero-order chi connectivity index (χ0) is 11.8. The second kappa shape index (κ2) is 4.71. The van der Waals surface area contributed by atoms with Gasteiger partial charge in [0.15, 0.2) is 0 Å². The minimum Gasteiger partial charge on any atom is -0.376 e. The summed E-state index contributed by atoms with van der Waals surface area (Å²) in [7, 11) is 0. The summed E-state index contributed by atoms with van der Waals surface area (Å²) in [4.78, 5) is 0.297. The summed E-state index contributed by atoms with van der Waals surface area (Å²) in [5.74, 6) is 0.629. The standard InChI is InChI=1S/C14H17BrO2/c1-9-4-5-17-14(9)13(15)10-2-3-11-7-16-8-12(11)6-10/h2-3,6,9,13-14H,4-5,7-8H2,1H3. The van der Waals surface area contributed by atoms with Crippen molar-refractivity contribution in [2.45, 2.75) is 37.5 Å². The van der Waals surface area contributed by atoms with Gasteiger partial charge in [0, 0.05) is 6.61 Å². The third-order valence-electron chi connectivity index (χ3n) is 3.80. The molecule has 2 aliphatic heterocycles. The minimum absolute atomic E-state index is 0.297. The molecule has 1 saturated heterocycles. The smallest absolute Gasteiger partial charge is 0.0767 e. The van der Waals surface area contributed by atoms with Gasteiger partial charge in [-0.2, -0.15) is 0 Å². The molecule has 0 spiro atoms. The summed E-state index contributed by atoms with van der Waals surface area (Å²) < 4.78 is 11.3. The number of fused-ring (bicyclic) bond motifs is 1. The Bertz CT molecular complexity index is 419. The largest absolute Gasteiger partial charge is 0.376 e. The van der Waals surface area contributed by atoms with Crippen molar-refractivity contribution in [3.8, 4) is 0 Å². The summed E-state index contributed by atoms with van der Waals surface area (Å²) in [5.41, 5.74) is 3.97. The van der Waals surface area contributed by atoms with Gasteiger partial charge in [-0.3, -0.25) is 0 Å². The summed E-state index contributed by atoms with van der Waals surface area (Å²) in [6.07, 6.45) is 1.47. The van der Waals surface area contributed by atoms with E-state index in [1.54, 1.807) is 0 Å². The predicted molar refractivity (Wildman–Crippen MR) is 70.1 cm³/mol. The normalized spacial score (nSPS) is 29.3. The van der Waals surface area contributed by atoms with Gasteiger partial charge in [0.25, 0.3) is 0 Å². The third kappa shape index (κ3) is 2.16. The quantitative estimate of drug-likeness (QED) is 0.777. The van der Waals surface area contributed by atoms with Crippen molar-refractivity contribution in [3.63, 3.8) is 0 Å². The maximum atomic E-state index is 5.82. The van der Waals surface area contributed by atoms with Gasteiger partial charge in [-0.15, -0.1) is 0 Å². The van der Waals surface area contributed by atoms with Crippen LogP contribution in [0.5, 0.6) is 0 Å². The summed E-state index contributed by atoms with van der Waals surface area (Å²) >= 11 is 3.80. The van der Waals surface area contributed by atoms with Crippen molar-refractivity contribution in [2.24, 2.45) is 5.92 Å². The van der Waals surface area contributed by atoms with Gasteiger partial charge in [0.05, 0.1) is 24.1 Å². The molecule has 0 N–H and O–H groups in total. The Hall–Kier alpha value is -0.380. The first-order valence-corrected chi connectivity index (χ1v) is 7.12. The highest BCUT2D eigenvalue weighted by Crippen LogP contribution is 2.38. The van der Waals surface area contributed by atoms with Crippen LogP contribution in [0.4, 0.5) is 0 Å². The van der Waals surface area contributed by atoms with Crippen LogP contribution < -0.4 is 0 Å². The molecule has 1 fully saturated rings. The van der Waals surface area contributed by atoms with Crippen LogP contribution in [0.2, 0.25) is 0 Å². The molecule has 1 aromatic rings. The van der Waals surface area contributed by atoms with Crippen molar-refractivity contribution >= 4 is 15.9 Å². The van der Waals surface area contributed by atoms with Gasteiger partial charge >= 0.3 is 0 Å². The molecule has 2 aliphatic rings. The molecule has 92 valence electrons. The number of hydrogen-bond acceptors (Lipinski definition) is 2. The molecule has 0 amide bonds. The number of rotatable bonds is 2. The monoisotopic (exact) mass is 296 g/mol. The fraction of sp³-hybridized carbons (Fsp3) is 0.571. The Balaban J connectivity index is 1.83. The van der Waals surface area contributed by atoms with Crippen molar-refractivity contribution in [2.75, 3.05) is 6.61 Å². The van der Waals surface area contributed by atoms with Crippen LogP contribution in [0.25, 0.3) is 0 Å². The van der Waals surface area contributed by atoms with E-state index in [1.165, 1.54) is 23.1 Å². The van der Waals surface area contributed by atoms with Gasteiger partial charge in [0.2, 0.25) is 0 Å². The van der Waals surface area contributed by atoms with Gasteiger partial charge in [0.1, 0.15) is 0 Å². The molecule has 0 aromatic heterocycles. The van der Waals surface area contributed by atoms with Crippen molar-refractivity contribution in [3.05, 3.63) is 34.9 Å². The average molecular weight is 297 g/mol. The molecule has 3 unspecified atom stereocenters.